The predicted molar refractivity (Wildman–Crippen MR) is 92.4 cm³/mol. The monoisotopic (exact) mass is 282 g/mol. The van der Waals surface area contributed by atoms with E-state index in [9.17, 15) is 0 Å². The van der Waals surface area contributed by atoms with Crippen LogP contribution in [0.1, 0.15) is 32.8 Å². The minimum Gasteiger partial charge on any atom is -0.399 e. The quantitative estimate of drug-likeness (QED) is 0.777. The Morgan fingerprint density at radius 3 is 2.10 bits per heavy atom. The van der Waals surface area contributed by atoms with Crippen molar-refractivity contribution in [3.63, 3.8) is 0 Å². The van der Waals surface area contributed by atoms with E-state index in [-0.39, 0.29) is 0 Å². The van der Waals surface area contributed by atoms with E-state index in [4.69, 9.17) is 5.73 Å². The zero-order valence-electron chi connectivity index (χ0n) is 13.3. The lowest BCUT2D eigenvalue weighted by Crippen LogP contribution is -2.33. The lowest BCUT2D eigenvalue weighted by molar-refractivity contribution is 0.486. The minimum absolute atomic E-state index is 0.494. The van der Waals surface area contributed by atoms with Gasteiger partial charge in [0.15, 0.2) is 0 Å². The first-order valence-corrected chi connectivity index (χ1v) is 7.72. The third-order valence-corrected chi connectivity index (χ3v) is 3.77. The molecule has 0 amide bonds. The van der Waals surface area contributed by atoms with Crippen LogP contribution in [-0.2, 0) is 6.54 Å². The number of anilines is 2. The molecule has 0 saturated carbocycles. The molecule has 2 nitrogen and oxygen atoms in total. The van der Waals surface area contributed by atoms with E-state index in [0.29, 0.717) is 12.0 Å². The van der Waals surface area contributed by atoms with Crippen molar-refractivity contribution in [2.75, 3.05) is 10.6 Å². The molecule has 2 heteroatoms. The Labute approximate surface area is 128 Å². The first-order chi connectivity index (χ1) is 10.1. The van der Waals surface area contributed by atoms with Gasteiger partial charge in [-0.15, -0.1) is 0 Å². The topological polar surface area (TPSA) is 29.3 Å². The maximum absolute atomic E-state index is 5.82. The van der Waals surface area contributed by atoms with Crippen LogP contribution in [0.5, 0.6) is 0 Å². The summed E-state index contributed by atoms with van der Waals surface area (Å²) < 4.78 is 0. The van der Waals surface area contributed by atoms with Gasteiger partial charge in [0, 0.05) is 24.0 Å². The molecule has 2 aromatic rings. The maximum atomic E-state index is 5.82. The van der Waals surface area contributed by atoms with Gasteiger partial charge in [-0.25, -0.2) is 0 Å². The molecule has 0 aromatic heterocycles. The molecule has 0 heterocycles. The van der Waals surface area contributed by atoms with Crippen LogP contribution in [0.2, 0.25) is 0 Å². The molecule has 112 valence electrons. The van der Waals surface area contributed by atoms with E-state index in [1.54, 1.807) is 0 Å². The van der Waals surface area contributed by atoms with Crippen molar-refractivity contribution >= 4 is 11.4 Å². The van der Waals surface area contributed by atoms with Gasteiger partial charge in [0.2, 0.25) is 0 Å². The average Bonchev–Trinajstić information content (AvgIpc) is 2.46. The van der Waals surface area contributed by atoms with Gasteiger partial charge in [0.25, 0.3) is 0 Å². The van der Waals surface area contributed by atoms with Crippen molar-refractivity contribution in [3.05, 3.63) is 60.2 Å². The summed E-state index contributed by atoms with van der Waals surface area (Å²) in [4.78, 5) is 2.47. The van der Waals surface area contributed by atoms with Gasteiger partial charge in [-0.2, -0.15) is 0 Å². The highest BCUT2D eigenvalue weighted by molar-refractivity contribution is 5.54. The number of nitrogen functional groups attached to an aromatic ring is 1. The highest BCUT2D eigenvalue weighted by Crippen LogP contribution is 2.24. The molecule has 1 unspecified atom stereocenters. The van der Waals surface area contributed by atoms with Crippen LogP contribution < -0.4 is 10.6 Å². The molecule has 0 spiro atoms. The highest BCUT2D eigenvalue weighted by atomic mass is 15.2. The normalized spacial score (nSPS) is 12.4. The first-order valence-electron chi connectivity index (χ1n) is 7.72. The van der Waals surface area contributed by atoms with E-state index in [1.165, 1.54) is 17.7 Å². The van der Waals surface area contributed by atoms with Crippen LogP contribution in [0.4, 0.5) is 11.4 Å². The summed E-state index contributed by atoms with van der Waals surface area (Å²) in [6.07, 6.45) is 1.18. The summed E-state index contributed by atoms with van der Waals surface area (Å²) in [7, 11) is 0. The largest absolute Gasteiger partial charge is 0.399 e. The third kappa shape index (κ3) is 4.52. The van der Waals surface area contributed by atoms with Crippen molar-refractivity contribution in [1.29, 1.82) is 0 Å². The zero-order chi connectivity index (χ0) is 15.2. The Balaban J connectivity index is 2.23. The van der Waals surface area contributed by atoms with Gasteiger partial charge in [-0.1, -0.05) is 44.2 Å². The van der Waals surface area contributed by atoms with Crippen LogP contribution in [0.15, 0.2) is 54.6 Å². The Morgan fingerprint density at radius 1 is 0.905 bits per heavy atom. The van der Waals surface area contributed by atoms with E-state index < -0.39 is 0 Å². The highest BCUT2D eigenvalue weighted by Gasteiger charge is 2.16. The van der Waals surface area contributed by atoms with Crippen molar-refractivity contribution in [2.24, 2.45) is 5.92 Å². The molecule has 0 aliphatic rings. The number of nitrogens with two attached hydrogens (primary N) is 1. The van der Waals surface area contributed by atoms with Crippen molar-refractivity contribution in [2.45, 2.75) is 39.8 Å². The molecule has 2 aromatic carbocycles. The summed E-state index contributed by atoms with van der Waals surface area (Å²) in [5.41, 5.74) is 9.21. The minimum atomic E-state index is 0.494. The molecular formula is C19H26N2. The fourth-order valence-electron chi connectivity index (χ4n) is 2.76. The SMILES string of the molecule is CC(C)CC(C)N(Cc1ccccc1)c1ccc(N)cc1. The third-order valence-electron chi connectivity index (χ3n) is 3.77. The Bertz CT molecular complexity index is 531. The standard InChI is InChI=1S/C19H26N2/c1-15(2)13-16(3)21(14-17-7-5-4-6-8-17)19-11-9-18(20)10-12-19/h4-12,15-16H,13-14,20H2,1-3H3. The Kier molecular flexibility index (Phi) is 5.26. The number of hydrogen-bond donors (Lipinski definition) is 1. The second-order valence-corrected chi connectivity index (χ2v) is 6.18. The molecule has 0 fully saturated rings. The van der Waals surface area contributed by atoms with E-state index in [2.05, 4.69) is 68.1 Å². The predicted octanol–water partition coefficient (Wildman–Crippen LogP) is 4.71. The summed E-state index contributed by atoms with van der Waals surface area (Å²) in [5, 5.41) is 0. The molecular weight excluding hydrogens is 256 g/mol. The van der Waals surface area contributed by atoms with E-state index >= 15 is 0 Å². The molecule has 0 saturated heterocycles. The van der Waals surface area contributed by atoms with E-state index in [0.717, 1.165) is 12.2 Å². The van der Waals surface area contributed by atoms with Crippen molar-refractivity contribution in [1.82, 2.24) is 0 Å². The zero-order valence-corrected chi connectivity index (χ0v) is 13.3. The number of rotatable bonds is 6. The van der Waals surface area contributed by atoms with E-state index in [1.807, 2.05) is 12.1 Å². The second-order valence-electron chi connectivity index (χ2n) is 6.18. The Hall–Kier alpha value is -1.96. The smallest absolute Gasteiger partial charge is 0.0432 e. The molecule has 2 N–H and O–H groups in total. The molecule has 0 bridgehead atoms. The Morgan fingerprint density at radius 2 is 1.52 bits per heavy atom. The molecule has 0 aliphatic carbocycles. The number of nitrogens with zero attached hydrogens (tertiary/aromatic N) is 1. The van der Waals surface area contributed by atoms with Gasteiger partial charge < -0.3 is 10.6 Å². The molecule has 0 aliphatic heterocycles. The fourth-order valence-corrected chi connectivity index (χ4v) is 2.76. The van der Waals surface area contributed by atoms with Gasteiger partial charge in [-0.3, -0.25) is 0 Å². The summed E-state index contributed by atoms with van der Waals surface area (Å²) in [6, 6.07) is 19.3. The average molecular weight is 282 g/mol. The van der Waals surface area contributed by atoms with Crippen LogP contribution in [0.3, 0.4) is 0 Å². The lowest BCUT2D eigenvalue weighted by Gasteiger charge is -2.33. The van der Waals surface area contributed by atoms with Crippen LogP contribution in [0, 0.1) is 5.92 Å². The molecule has 2 rings (SSSR count). The first kappa shape index (κ1) is 15.4. The molecule has 1 atom stereocenters. The van der Waals surface area contributed by atoms with Gasteiger partial charge in [0.1, 0.15) is 0 Å². The number of benzene rings is 2. The van der Waals surface area contributed by atoms with Crippen molar-refractivity contribution < 1.29 is 0 Å². The van der Waals surface area contributed by atoms with Crippen LogP contribution >= 0.6 is 0 Å². The summed E-state index contributed by atoms with van der Waals surface area (Å²) in [6.45, 7) is 7.79. The lowest BCUT2D eigenvalue weighted by atomic mass is 10.0. The van der Waals surface area contributed by atoms with Gasteiger partial charge >= 0.3 is 0 Å². The summed E-state index contributed by atoms with van der Waals surface area (Å²) in [5.74, 6) is 0.687. The van der Waals surface area contributed by atoms with Gasteiger partial charge in [-0.05, 0) is 49.1 Å². The molecule has 21 heavy (non-hydrogen) atoms. The molecule has 0 radical (unpaired) electrons. The summed E-state index contributed by atoms with van der Waals surface area (Å²) >= 11 is 0. The number of hydrogen-bond acceptors (Lipinski definition) is 2. The second kappa shape index (κ2) is 7.16. The van der Waals surface area contributed by atoms with Crippen LogP contribution in [0.25, 0.3) is 0 Å². The van der Waals surface area contributed by atoms with Gasteiger partial charge in [0.05, 0.1) is 0 Å². The fraction of sp³-hybridized carbons (Fsp3) is 0.368. The maximum Gasteiger partial charge on any atom is 0.0432 e. The van der Waals surface area contributed by atoms with Crippen LogP contribution in [-0.4, -0.2) is 6.04 Å². The van der Waals surface area contributed by atoms with Crippen molar-refractivity contribution in [3.8, 4) is 0 Å².